The smallest absolute Gasteiger partial charge is 0.133 e. The summed E-state index contributed by atoms with van der Waals surface area (Å²) < 4.78 is 0. The van der Waals surface area contributed by atoms with E-state index in [9.17, 15) is 0 Å². The highest BCUT2D eigenvalue weighted by Crippen LogP contribution is 2.19. The first kappa shape index (κ1) is 13.6. The lowest BCUT2D eigenvalue weighted by Crippen LogP contribution is -2.38. The van der Waals surface area contributed by atoms with E-state index in [4.69, 9.17) is 0 Å². The molecule has 0 aliphatic carbocycles. The fourth-order valence-corrected chi connectivity index (χ4v) is 2.74. The third kappa shape index (κ3) is 3.59. The van der Waals surface area contributed by atoms with Crippen LogP contribution < -0.4 is 10.2 Å². The van der Waals surface area contributed by atoms with Gasteiger partial charge in [0.1, 0.15) is 17.2 Å². The van der Waals surface area contributed by atoms with Crippen molar-refractivity contribution >= 4 is 17.6 Å². The van der Waals surface area contributed by atoms with Crippen molar-refractivity contribution in [3.8, 4) is 0 Å². The average molecular weight is 266 g/mol. The van der Waals surface area contributed by atoms with Crippen LogP contribution in [0.2, 0.25) is 0 Å². The molecule has 1 aromatic rings. The van der Waals surface area contributed by atoms with Gasteiger partial charge in [-0.2, -0.15) is 0 Å². The summed E-state index contributed by atoms with van der Waals surface area (Å²) in [6, 6.07) is 2.71. The fraction of sp³-hybridized carbons (Fsp3) is 0.692. The second-order valence-corrected chi connectivity index (χ2v) is 5.48. The van der Waals surface area contributed by atoms with Crippen LogP contribution in [0.5, 0.6) is 0 Å². The number of hydrogen-bond acceptors (Lipinski definition) is 5. The van der Waals surface area contributed by atoms with E-state index in [1.165, 1.54) is 12.8 Å². The maximum absolute atomic E-state index is 4.42. The van der Waals surface area contributed by atoms with Crippen molar-refractivity contribution in [2.24, 2.45) is 0 Å². The zero-order valence-corrected chi connectivity index (χ0v) is 12.0. The largest absolute Gasteiger partial charge is 0.355 e. The van der Waals surface area contributed by atoms with Gasteiger partial charge in [0, 0.05) is 25.2 Å². The summed E-state index contributed by atoms with van der Waals surface area (Å²) in [5, 5.41) is 4.60. The van der Waals surface area contributed by atoms with Crippen LogP contribution in [-0.2, 0) is 0 Å². The maximum Gasteiger partial charge on any atom is 0.133 e. The molecule has 0 bridgehead atoms. The van der Waals surface area contributed by atoms with E-state index in [1.807, 2.05) is 0 Å². The summed E-state index contributed by atoms with van der Waals surface area (Å²) in [6.07, 6.45) is 7.44. The molecule has 0 spiro atoms. The van der Waals surface area contributed by atoms with Gasteiger partial charge in [0.15, 0.2) is 0 Å². The van der Waals surface area contributed by atoms with E-state index in [-0.39, 0.29) is 0 Å². The van der Waals surface area contributed by atoms with Gasteiger partial charge in [-0.1, -0.05) is 6.92 Å². The molecule has 0 aromatic carbocycles. The van der Waals surface area contributed by atoms with E-state index in [2.05, 4.69) is 39.4 Å². The Kier molecular flexibility index (Phi) is 5.26. The second-order valence-electron chi connectivity index (χ2n) is 4.66. The topological polar surface area (TPSA) is 41.0 Å². The van der Waals surface area contributed by atoms with Gasteiger partial charge in [-0.05, 0) is 32.1 Å². The van der Waals surface area contributed by atoms with Crippen molar-refractivity contribution in [3.63, 3.8) is 0 Å². The zero-order chi connectivity index (χ0) is 12.8. The highest BCUT2D eigenvalue weighted by molar-refractivity contribution is 7.98. The van der Waals surface area contributed by atoms with Crippen LogP contribution in [0, 0.1) is 0 Å². The van der Waals surface area contributed by atoms with Crippen molar-refractivity contribution in [2.75, 3.05) is 30.8 Å². The molecule has 1 unspecified atom stereocenters. The van der Waals surface area contributed by atoms with Gasteiger partial charge in [0.25, 0.3) is 0 Å². The van der Waals surface area contributed by atoms with Crippen molar-refractivity contribution in [1.29, 1.82) is 0 Å². The highest BCUT2D eigenvalue weighted by Gasteiger charge is 2.18. The Hall–Kier alpha value is -0.810. The molecule has 1 saturated heterocycles. The molecule has 1 aromatic heterocycles. The van der Waals surface area contributed by atoms with E-state index in [1.54, 1.807) is 18.1 Å². The average Bonchev–Trinajstić information content (AvgIpc) is 2.91. The van der Waals surface area contributed by atoms with E-state index in [0.29, 0.717) is 6.04 Å². The molecule has 2 rings (SSSR count). The quantitative estimate of drug-likeness (QED) is 0.631. The minimum atomic E-state index is 0.615. The molecule has 1 aliphatic rings. The lowest BCUT2D eigenvalue weighted by atomic mass is 10.2. The Morgan fingerprint density at radius 2 is 2.39 bits per heavy atom. The van der Waals surface area contributed by atoms with Crippen LogP contribution in [0.1, 0.15) is 26.2 Å². The number of thioether (sulfide) groups is 1. The fourth-order valence-electron chi connectivity index (χ4n) is 2.36. The van der Waals surface area contributed by atoms with Crippen molar-refractivity contribution in [1.82, 2.24) is 15.3 Å². The standard InChI is InChI=1S/C13H22N4S/c1-3-7-17(9-11-5-4-6-14-11)12-8-13(18-2)16-10-15-12/h8,10-11,14H,3-7,9H2,1-2H3. The molecule has 0 saturated carbocycles. The van der Waals surface area contributed by atoms with Gasteiger partial charge in [0.05, 0.1) is 0 Å². The van der Waals surface area contributed by atoms with Crippen molar-refractivity contribution in [2.45, 2.75) is 37.3 Å². The van der Waals surface area contributed by atoms with Gasteiger partial charge in [-0.15, -0.1) is 11.8 Å². The molecule has 5 heteroatoms. The molecule has 1 fully saturated rings. The third-order valence-electron chi connectivity index (χ3n) is 3.26. The van der Waals surface area contributed by atoms with Gasteiger partial charge in [-0.25, -0.2) is 9.97 Å². The Bertz CT molecular complexity index is 366. The summed E-state index contributed by atoms with van der Waals surface area (Å²) in [4.78, 5) is 11.0. The number of aromatic nitrogens is 2. The molecule has 4 nitrogen and oxygen atoms in total. The predicted molar refractivity (Wildman–Crippen MR) is 77.3 cm³/mol. The minimum Gasteiger partial charge on any atom is -0.355 e. The van der Waals surface area contributed by atoms with Gasteiger partial charge < -0.3 is 10.2 Å². The number of rotatable bonds is 6. The van der Waals surface area contributed by atoms with Crippen LogP contribution in [0.25, 0.3) is 0 Å². The predicted octanol–water partition coefficient (Wildman–Crippen LogP) is 2.17. The highest BCUT2D eigenvalue weighted by atomic mass is 32.2. The van der Waals surface area contributed by atoms with Gasteiger partial charge in [0.2, 0.25) is 0 Å². The van der Waals surface area contributed by atoms with E-state index < -0.39 is 0 Å². The number of nitrogens with zero attached hydrogens (tertiary/aromatic N) is 3. The molecule has 0 amide bonds. The maximum atomic E-state index is 4.42. The van der Waals surface area contributed by atoms with Crippen LogP contribution in [0.4, 0.5) is 5.82 Å². The molecule has 1 aliphatic heterocycles. The Labute approximate surface area is 114 Å². The monoisotopic (exact) mass is 266 g/mol. The van der Waals surface area contributed by atoms with Crippen LogP contribution in [0.3, 0.4) is 0 Å². The van der Waals surface area contributed by atoms with Crippen molar-refractivity contribution in [3.05, 3.63) is 12.4 Å². The van der Waals surface area contributed by atoms with Crippen LogP contribution >= 0.6 is 11.8 Å². The second kappa shape index (κ2) is 6.95. The summed E-state index contributed by atoms with van der Waals surface area (Å²) in [5.41, 5.74) is 0. The first-order valence-electron chi connectivity index (χ1n) is 6.68. The molecule has 1 atom stereocenters. The van der Waals surface area contributed by atoms with Crippen molar-refractivity contribution < 1.29 is 0 Å². The molecule has 18 heavy (non-hydrogen) atoms. The van der Waals surface area contributed by atoms with E-state index >= 15 is 0 Å². The first-order chi connectivity index (χ1) is 8.83. The Morgan fingerprint density at radius 1 is 1.50 bits per heavy atom. The summed E-state index contributed by atoms with van der Waals surface area (Å²) in [7, 11) is 0. The summed E-state index contributed by atoms with van der Waals surface area (Å²) in [5.74, 6) is 1.06. The molecule has 1 N–H and O–H groups in total. The minimum absolute atomic E-state index is 0.615. The SMILES string of the molecule is CCCN(CC1CCCN1)c1cc(SC)ncn1. The van der Waals surface area contributed by atoms with Crippen LogP contribution in [-0.4, -0.2) is 41.9 Å². The van der Waals surface area contributed by atoms with Crippen LogP contribution in [0.15, 0.2) is 17.4 Å². The first-order valence-corrected chi connectivity index (χ1v) is 7.90. The number of nitrogens with one attached hydrogen (secondary N) is 1. The summed E-state index contributed by atoms with van der Waals surface area (Å²) >= 11 is 1.67. The van der Waals surface area contributed by atoms with Gasteiger partial charge in [-0.3, -0.25) is 0 Å². The van der Waals surface area contributed by atoms with Gasteiger partial charge >= 0.3 is 0 Å². The summed E-state index contributed by atoms with van der Waals surface area (Å²) in [6.45, 7) is 5.48. The lowest BCUT2D eigenvalue weighted by molar-refractivity contribution is 0.574. The van der Waals surface area contributed by atoms with E-state index in [0.717, 1.165) is 36.9 Å². The normalized spacial score (nSPS) is 19.1. The number of hydrogen-bond donors (Lipinski definition) is 1. The Morgan fingerprint density at radius 3 is 3.06 bits per heavy atom. The molecular weight excluding hydrogens is 244 g/mol. The number of anilines is 1. The molecular formula is C13H22N4S. The molecule has 100 valence electrons. The zero-order valence-electron chi connectivity index (χ0n) is 11.2. The lowest BCUT2D eigenvalue weighted by Gasteiger charge is -2.26. The Balaban J connectivity index is 2.06. The third-order valence-corrected chi connectivity index (χ3v) is 3.90. The molecule has 0 radical (unpaired) electrons. The molecule has 2 heterocycles.